The van der Waals surface area contributed by atoms with Crippen LogP contribution >= 0.6 is 7.60 Å². The maximum atomic E-state index is 13.1. The average molecular weight is 307 g/mol. The second kappa shape index (κ2) is 7.60. The summed E-state index contributed by atoms with van der Waals surface area (Å²) in [5, 5.41) is 3.32. The molecule has 1 aromatic carbocycles. The third kappa shape index (κ3) is 4.07. The fraction of sp³-hybridized carbons (Fsp3) is 0.375. The van der Waals surface area contributed by atoms with Gasteiger partial charge in [-0.2, -0.15) is 0 Å². The van der Waals surface area contributed by atoms with Gasteiger partial charge in [0.05, 0.1) is 13.2 Å². The lowest BCUT2D eigenvalue weighted by Crippen LogP contribution is -2.28. The van der Waals surface area contributed by atoms with Crippen LogP contribution in [0.3, 0.4) is 0 Å². The van der Waals surface area contributed by atoms with E-state index >= 15 is 0 Å². The van der Waals surface area contributed by atoms with Crippen LogP contribution < -0.4 is 5.32 Å². The smallest absolute Gasteiger partial charge is 0.353 e. The molecular formula is C16H22NO3P. The molecule has 1 aromatic rings. The van der Waals surface area contributed by atoms with E-state index in [1.165, 1.54) is 0 Å². The second-order valence-corrected chi connectivity index (χ2v) is 6.83. The zero-order valence-corrected chi connectivity index (χ0v) is 13.3. The number of rotatable bonds is 8. The summed E-state index contributed by atoms with van der Waals surface area (Å²) in [7, 11) is -3.26. The highest BCUT2D eigenvalue weighted by Gasteiger charge is 2.40. The Labute approximate surface area is 126 Å². The lowest BCUT2D eigenvalue weighted by molar-refractivity contribution is 0.211. The van der Waals surface area contributed by atoms with Crippen LogP contribution in [0.1, 0.15) is 13.8 Å². The molecule has 0 heterocycles. The highest BCUT2D eigenvalue weighted by molar-refractivity contribution is 7.54. The van der Waals surface area contributed by atoms with Crippen LogP contribution in [0, 0.1) is 5.92 Å². The van der Waals surface area contributed by atoms with Gasteiger partial charge in [-0.3, -0.25) is 4.57 Å². The standard InChI is InChI=1S/C16H22NO3P/c1-3-19-21(18,20-4-2)16(14-10-8-9-11-14)17-15-12-6-5-7-13-15/h5-14,16-17H,3-4H2,1-2H3. The predicted molar refractivity (Wildman–Crippen MR) is 86.5 cm³/mol. The van der Waals surface area contributed by atoms with Gasteiger partial charge in [-0.1, -0.05) is 42.5 Å². The normalized spacial score (nSPS) is 16.3. The van der Waals surface area contributed by atoms with Gasteiger partial charge >= 0.3 is 7.60 Å². The Balaban J connectivity index is 2.28. The van der Waals surface area contributed by atoms with Crippen molar-refractivity contribution in [2.24, 2.45) is 5.92 Å². The third-order valence-electron chi connectivity index (χ3n) is 3.19. The summed E-state index contributed by atoms with van der Waals surface area (Å²) in [6, 6.07) is 9.70. The number of hydrogen-bond acceptors (Lipinski definition) is 4. The van der Waals surface area contributed by atoms with Gasteiger partial charge in [-0.05, 0) is 26.0 Å². The summed E-state index contributed by atoms with van der Waals surface area (Å²) in [6.45, 7) is 4.35. The van der Waals surface area contributed by atoms with Gasteiger partial charge in [0.2, 0.25) is 0 Å². The summed E-state index contributed by atoms with van der Waals surface area (Å²) in [5.41, 5.74) is 0.899. The van der Waals surface area contributed by atoms with Crippen LogP contribution in [0.2, 0.25) is 0 Å². The maximum absolute atomic E-state index is 13.1. The van der Waals surface area contributed by atoms with E-state index in [1.54, 1.807) is 0 Å². The van der Waals surface area contributed by atoms with Crippen LogP contribution in [-0.2, 0) is 13.6 Å². The van der Waals surface area contributed by atoms with Crippen molar-refractivity contribution in [1.82, 2.24) is 0 Å². The Kier molecular flexibility index (Phi) is 5.80. The fourth-order valence-corrected chi connectivity index (χ4v) is 4.35. The van der Waals surface area contributed by atoms with Crippen LogP contribution in [0.15, 0.2) is 54.6 Å². The first-order valence-electron chi connectivity index (χ1n) is 7.25. The zero-order chi connectivity index (χ0) is 15.1. The first kappa shape index (κ1) is 16.0. The molecule has 0 spiro atoms. The molecule has 1 aliphatic carbocycles. The van der Waals surface area contributed by atoms with Gasteiger partial charge in [0.1, 0.15) is 5.78 Å². The number of anilines is 1. The topological polar surface area (TPSA) is 47.6 Å². The fourth-order valence-electron chi connectivity index (χ4n) is 2.31. The molecule has 1 unspecified atom stereocenters. The van der Waals surface area contributed by atoms with Crippen molar-refractivity contribution < 1.29 is 13.6 Å². The van der Waals surface area contributed by atoms with Gasteiger partial charge in [-0.15, -0.1) is 0 Å². The zero-order valence-electron chi connectivity index (χ0n) is 12.4. The Morgan fingerprint density at radius 3 is 2.19 bits per heavy atom. The molecule has 0 aromatic heterocycles. The summed E-state index contributed by atoms with van der Waals surface area (Å²) >= 11 is 0. The molecule has 0 saturated carbocycles. The van der Waals surface area contributed by atoms with Crippen molar-refractivity contribution in [3.8, 4) is 0 Å². The molecule has 2 rings (SSSR count). The monoisotopic (exact) mass is 307 g/mol. The molecule has 1 atom stereocenters. The molecule has 5 heteroatoms. The molecule has 0 radical (unpaired) electrons. The third-order valence-corrected chi connectivity index (χ3v) is 5.58. The number of nitrogens with one attached hydrogen (secondary N) is 1. The van der Waals surface area contributed by atoms with Crippen LogP contribution in [-0.4, -0.2) is 19.0 Å². The Hall–Kier alpha value is -1.35. The lowest BCUT2D eigenvalue weighted by Gasteiger charge is -2.30. The average Bonchev–Trinajstić information content (AvgIpc) is 3.00. The molecule has 114 valence electrons. The Morgan fingerprint density at radius 2 is 1.67 bits per heavy atom. The molecule has 1 aliphatic rings. The van der Waals surface area contributed by atoms with Crippen LogP contribution in [0.25, 0.3) is 0 Å². The van der Waals surface area contributed by atoms with E-state index < -0.39 is 13.4 Å². The van der Waals surface area contributed by atoms with Crippen molar-refractivity contribution >= 4 is 13.3 Å². The Bertz CT molecular complexity index is 520. The molecule has 4 nitrogen and oxygen atoms in total. The number of benzene rings is 1. The summed E-state index contributed by atoms with van der Waals surface area (Å²) in [5.74, 6) is -0.455. The van der Waals surface area contributed by atoms with E-state index in [1.807, 2.05) is 68.5 Å². The molecule has 0 fully saturated rings. The number of allylic oxidation sites excluding steroid dienone is 2. The van der Waals surface area contributed by atoms with E-state index in [0.717, 1.165) is 5.69 Å². The van der Waals surface area contributed by atoms with Gasteiger partial charge < -0.3 is 14.4 Å². The van der Waals surface area contributed by atoms with E-state index in [2.05, 4.69) is 5.32 Å². The molecule has 1 N–H and O–H groups in total. The van der Waals surface area contributed by atoms with Gasteiger partial charge in [0.15, 0.2) is 0 Å². The second-order valence-electron chi connectivity index (χ2n) is 4.68. The predicted octanol–water partition coefficient (Wildman–Crippen LogP) is 4.43. The molecule has 0 bridgehead atoms. The van der Waals surface area contributed by atoms with Gasteiger partial charge in [-0.25, -0.2) is 0 Å². The largest absolute Gasteiger partial charge is 0.371 e. The van der Waals surface area contributed by atoms with Crippen LogP contribution in [0.5, 0.6) is 0 Å². The van der Waals surface area contributed by atoms with Gasteiger partial charge in [0.25, 0.3) is 0 Å². The first-order valence-corrected chi connectivity index (χ1v) is 8.86. The summed E-state index contributed by atoms with van der Waals surface area (Å²) < 4.78 is 24.2. The minimum absolute atomic E-state index is 0.0193. The minimum Gasteiger partial charge on any atom is -0.371 e. The lowest BCUT2D eigenvalue weighted by atomic mass is 10.1. The first-order chi connectivity index (χ1) is 10.2. The summed E-state index contributed by atoms with van der Waals surface area (Å²) in [4.78, 5) is 0. The number of para-hydroxylation sites is 1. The molecule has 0 saturated heterocycles. The Morgan fingerprint density at radius 1 is 1.10 bits per heavy atom. The highest BCUT2D eigenvalue weighted by Crippen LogP contribution is 2.56. The maximum Gasteiger partial charge on any atom is 0.353 e. The highest BCUT2D eigenvalue weighted by atomic mass is 31.2. The van der Waals surface area contributed by atoms with E-state index in [0.29, 0.717) is 13.2 Å². The van der Waals surface area contributed by atoms with E-state index in [4.69, 9.17) is 9.05 Å². The summed E-state index contributed by atoms with van der Waals surface area (Å²) in [6.07, 6.45) is 7.91. The quantitative estimate of drug-likeness (QED) is 0.722. The van der Waals surface area contributed by atoms with Crippen molar-refractivity contribution in [2.45, 2.75) is 19.6 Å². The molecular weight excluding hydrogens is 285 g/mol. The van der Waals surface area contributed by atoms with Crippen molar-refractivity contribution in [3.63, 3.8) is 0 Å². The molecule has 21 heavy (non-hydrogen) atoms. The van der Waals surface area contributed by atoms with E-state index in [-0.39, 0.29) is 5.92 Å². The number of hydrogen-bond donors (Lipinski definition) is 1. The SMILES string of the molecule is CCOP(=O)(OCC)C(Nc1ccccc1)C1C=CC=C1. The van der Waals surface area contributed by atoms with Crippen LogP contribution in [0.4, 0.5) is 5.69 Å². The van der Waals surface area contributed by atoms with Crippen molar-refractivity contribution in [1.29, 1.82) is 0 Å². The van der Waals surface area contributed by atoms with Crippen molar-refractivity contribution in [3.05, 3.63) is 54.6 Å². The van der Waals surface area contributed by atoms with Gasteiger partial charge in [0, 0.05) is 11.6 Å². The van der Waals surface area contributed by atoms with Crippen molar-refractivity contribution in [2.75, 3.05) is 18.5 Å². The minimum atomic E-state index is -3.26. The van der Waals surface area contributed by atoms with E-state index in [9.17, 15) is 4.57 Å². The molecule has 0 aliphatic heterocycles. The molecule has 0 amide bonds.